The molecule has 0 N–H and O–H groups in total. The number of nitriles is 1. The second-order valence-electron chi connectivity index (χ2n) is 7.80. The van der Waals surface area contributed by atoms with E-state index in [-0.39, 0.29) is 5.91 Å². The molecule has 5 nitrogen and oxygen atoms in total. The molecule has 1 aromatic carbocycles. The maximum Gasteiger partial charge on any atom is 0.222 e. The molecule has 0 spiro atoms. The summed E-state index contributed by atoms with van der Waals surface area (Å²) in [5.41, 5.74) is 0.538. The minimum absolute atomic E-state index is 0.272. The number of hydrogen-bond acceptors (Lipinski definition) is 4. The second-order valence-corrected chi connectivity index (χ2v) is 7.80. The molecule has 0 aromatic heterocycles. The van der Waals surface area contributed by atoms with Crippen LogP contribution in [0.4, 0.5) is 0 Å². The van der Waals surface area contributed by atoms with Gasteiger partial charge in [0.1, 0.15) is 0 Å². The van der Waals surface area contributed by atoms with Crippen LogP contribution in [-0.4, -0.2) is 37.1 Å². The van der Waals surface area contributed by atoms with Crippen molar-refractivity contribution in [3.05, 3.63) is 23.8 Å². The minimum Gasteiger partial charge on any atom is -0.493 e. The molecule has 0 bridgehead atoms. The minimum atomic E-state index is 0.272. The van der Waals surface area contributed by atoms with Crippen LogP contribution in [0.25, 0.3) is 0 Å². The molecule has 5 heteroatoms. The molecule has 2 fully saturated rings. The van der Waals surface area contributed by atoms with E-state index in [9.17, 15) is 4.79 Å². The first-order valence-corrected chi connectivity index (χ1v) is 10.1. The zero-order valence-electron chi connectivity index (χ0n) is 16.4. The molecule has 27 heavy (non-hydrogen) atoms. The van der Waals surface area contributed by atoms with E-state index in [2.05, 4.69) is 17.9 Å². The van der Waals surface area contributed by atoms with Gasteiger partial charge in [-0.3, -0.25) is 4.79 Å². The molecular formula is C22H30N2O3. The van der Waals surface area contributed by atoms with Crippen molar-refractivity contribution in [1.29, 1.82) is 5.26 Å². The molecule has 2 aliphatic rings. The van der Waals surface area contributed by atoms with Crippen LogP contribution in [0.15, 0.2) is 18.2 Å². The van der Waals surface area contributed by atoms with Crippen LogP contribution >= 0.6 is 0 Å². The molecule has 1 saturated heterocycles. The fraction of sp³-hybridized carbons (Fsp3) is 0.636. The van der Waals surface area contributed by atoms with E-state index in [1.807, 2.05) is 0 Å². The Morgan fingerprint density at radius 3 is 2.85 bits per heavy atom. The Hall–Kier alpha value is -2.22. The molecule has 1 aliphatic heterocycles. The van der Waals surface area contributed by atoms with Gasteiger partial charge < -0.3 is 14.4 Å². The molecule has 3 rings (SSSR count). The number of fused-ring (bicyclic) bond motifs is 1. The Morgan fingerprint density at radius 2 is 2.07 bits per heavy atom. The van der Waals surface area contributed by atoms with Crippen molar-refractivity contribution < 1.29 is 14.3 Å². The molecule has 1 aliphatic carbocycles. The number of carbonyl (C=O) groups excluding carboxylic acids is 1. The number of rotatable bonds is 6. The number of likely N-dealkylation sites (tertiary alicyclic amines) is 1. The Labute approximate surface area is 162 Å². The first kappa shape index (κ1) is 19.5. The van der Waals surface area contributed by atoms with Crippen LogP contribution in [0.1, 0.15) is 57.4 Å². The predicted octanol–water partition coefficient (Wildman–Crippen LogP) is 4.15. The largest absolute Gasteiger partial charge is 0.493 e. The standard InChI is InChI=1S/C22H30N2O3/c1-16-11-12-24(19-7-4-3-6-18(16)19)22(25)8-5-13-27-20-10-9-17(15-23)14-21(20)26-2/h9-10,14,16,18-19H,3-8,11-13H2,1-2H3/t16-,18+,19-/m0/s1. The number of amides is 1. The molecule has 3 atom stereocenters. The molecule has 0 unspecified atom stereocenters. The summed E-state index contributed by atoms with van der Waals surface area (Å²) in [4.78, 5) is 14.9. The van der Waals surface area contributed by atoms with Gasteiger partial charge in [0.05, 0.1) is 25.3 Å². The molecule has 1 aromatic rings. The van der Waals surface area contributed by atoms with Gasteiger partial charge in [0.2, 0.25) is 5.91 Å². The quantitative estimate of drug-likeness (QED) is 0.706. The zero-order valence-corrected chi connectivity index (χ0v) is 16.4. The summed E-state index contributed by atoms with van der Waals surface area (Å²) in [5, 5.41) is 8.96. The van der Waals surface area contributed by atoms with E-state index in [0.717, 1.165) is 18.9 Å². The van der Waals surface area contributed by atoms with Crippen molar-refractivity contribution in [2.75, 3.05) is 20.3 Å². The fourth-order valence-electron chi connectivity index (χ4n) is 4.63. The summed E-state index contributed by atoms with van der Waals surface area (Å²) in [6.07, 6.45) is 7.34. The van der Waals surface area contributed by atoms with Crippen LogP contribution < -0.4 is 9.47 Å². The normalized spacial score (nSPS) is 24.6. The summed E-state index contributed by atoms with van der Waals surface area (Å²) < 4.78 is 11.1. The van der Waals surface area contributed by atoms with Gasteiger partial charge >= 0.3 is 0 Å². The third kappa shape index (κ3) is 4.55. The third-order valence-corrected chi connectivity index (χ3v) is 6.14. The molecule has 146 valence electrons. The van der Waals surface area contributed by atoms with Crippen molar-refractivity contribution in [1.82, 2.24) is 4.90 Å². The first-order valence-electron chi connectivity index (χ1n) is 10.1. The van der Waals surface area contributed by atoms with Gasteiger partial charge in [0.15, 0.2) is 11.5 Å². The lowest BCUT2D eigenvalue weighted by Gasteiger charge is -2.47. The van der Waals surface area contributed by atoms with Crippen molar-refractivity contribution in [2.45, 2.75) is 57.9 Å². The smallest absolute Gasteiger partial charge is 0.222 e. The van der Waals surface area contributed by atoms with Crippen molar-refractivity contribution >= 4 is 5.91 Å². The SMILES string of the molecule is COc1cc(C#N)ccc1OCCCC(=O)N1CC[C@H](C)[C@H]2CCCC[C@@H]21. The summed E-state index contributed by atoms with van der Waals surface area (Å²) >= 11 is 0. The van der Waals surface area contributed by atoms with Gasteiger partial charge in [-0.1, -0.05) is 19.8 Å². The lowest BCUT2D eigenvalue weighted by molar-refractivity contribution is -0.139. The highest BCUT2D eigenvalue weighted by Gasteiger charge is 2.38. The number of hydrogen-bond donors (Lipinski definition) is 0. The van der Waals surface area contributed by atoms with E-state index in [4.69, 9.17) is 14.7 Å². The van der Waals surface area contributed by atoms with E-state index in [0.29, 0.717) is 48.5 Å². The van der Waals surface area contributed by atoms with Gasteiger partial charge in [-0.05, 0) is 49.7 Å². The Morgan fingerprint density at radius 1 is 1.26 bits per heavy atom. The molecule has 1 amide bonds. The number of benzene rings is 1. The summed E-state index contributed by atoms with van der Waals surface area (Å²) in [7, 11) is 1.56. The lowest BCUT2D eigenvalue weighted by atomic mass is 9.72. The molecule has 1 heterocycles. The van der Waals surface area contributed by atoms with Gasteiger partial charge in [-0.25, -0.2) is 0 Å². The maximum absolute atomic E-state index is 12.8. The highest BCUT2D eigenvalue weighted by atomic mass is 16.5. The highest BCUT2D eigenvalue weighted by Crippen LogP contribution is 2.39. The lowest BCUT2D eigenvalue weighted by Crippen LogP contribution is -2.52. The van der Waals surface area contributed by atoms with E-state index < -0.39 is 0 Å². The monoisotopic (exact) mass is 370 g/mol. The molecular weight excluding hydrogens is 340 g/mol. The summed E-state index contributed by atoms with van der Waals surface area (Å²) in [6.45, 7) is 3.72. The van der Waals surface area contributed by atoms with Gasteiger partial charge in [0, 0.05) is 25.1 Å². The zero-order chi connectivity index (χ0) is 19.2. The van der Waals surface area contributed by atoms with E-state index in [1.165, 1.54) is 25.7 Å². The van der Waals surface area contributed by atoms with E-state index in [1.54, 1.807) is 25.3 Å². The van der Waals surface area contributed by atoms with Crippen molar-refractivity contribution in [2.24, 2.45) is 11.8 Å². The van der Waals surface area contributed by atoms with Crippen LogP contribution in [0.2, 0.25) is 0 Å². The Balaban J connectivity index is 1.49. The third-order valence-electron chi connectivity index (χ3n) is 6.14. The number of nitrogens with zero attached hydrogens (tertiary/aromatic N) is 2. The summed E-state index contributed by atoms with van der Waals surface area (Å²) in [5.74, 6) is 2.87. The number of carbonyl (C=O) groups is 1. The van der Waals surface area contributed by atoms with Crippen LogP contribution in [0.3, 0.4) is 0 Å². The van der Waals surface area contributed by atoms with Gasteiger partial charge in [-0.15, -0.1) is 0 Å². The Bertz CT molecular complexity index is 697. The molecule has 1 saturated carbocycles. The van der Waals surface area contributed by atoms with Crippen LogP contribution in [0, 0.1) is 23.2 Å². The second kappa shape index (κ2) is 9.12. The Kier molecular flexibility index (Phi) is 6.60. The topological polar surface area (TPSA) is 62.6 Å². The maximum atomic E-state index is 12.8. The van der Waals surface area contributed by atoms with Crippen molar-refractivity contribution in [3.8, 4) is 17.6 Å². The average Bonchev–Trinajstić information content (AvgIpc) is 2.71. The summed E-state index contributed by atoms with van der Waals surface area (Å²) in [6, 6.07) is 7.66. The van der Waals surface area contributed by atoms with Gasteiger partial charge in [0.25, 0.3) is 0 Å². The highest BCUT2D eigenvalue weighted by molar-refractivity contribution is 5.76. The van der Waals surface area contributed by atoms with Gasteiger partial charge in [-0.2, -0.15) is 5.26 Å². The number of piperidine rings is 1. The van der Waals surface area contributed by atoms with Crippen LogP contribution in [-0.2, 0) is 4.79 Å². The number of ether oxygens (including phenoxy) is 2. The van der Waals surface area contributed by atoms with Crippen LogP contribution in [0.5, 0.6) is 11.5 Å². The van der Waals surface area contributed by atoms with Crippen molar-refractivity contribution in [3.63, 3.8) is 0 Å². The first-order chi connectivity index (χ1) is 13.1. The predicted molar refractivity (Wildman–Crippen MR) is 104 cm³/mol. The fourth-order valence-corrected chi connectivity index (χ4v) is 4.63. The number of methoxy groups -OCH3 is 1. The molecule has 0 radical (unpaired) electrons. The van der Waals surface area contributed by atoms with E-state index >= 15 is 0 Å². The average molecular weight is 370 g/mol.